The van der Waals surface area contributed by atoms with Crippen molar-refractivity contribution in [3.05, 3.63) is 89.5 Å². The number of carbonyl (C=O) groups is 1. The molecule has 0 aliphatic rings. The van der Waals surface area contributed by atoms with Gasteiger partial charge in [0, 0.05) is 0 Å². The van der Waals surface area contributed by atoms with Gasteiger partial charge in [-0.05, 0) is 55.8 Å². The maximum absolute atomic E-state index is 13.5. The Morgan fingerprint density at radius 3 is 2.42 bits per heavy atom. The van der Waals surface area contributed by atoms with Crippen LogP contribution in [-0.2, 0) is 21.0 Å². The van der Waals surface area contributed by atoms with Crippen LogP contribution in [0.15, 0.2) is 82.8 Å². The summed E-state index contributed by atoms with van der Waals surface area (Å²) in [5.41, 5.74) is 2.43. The SMILES string of the molecule is CCOc1ccccc1N(CC(=O)N/N=C/c1cccc(C(F)(F)F)c1)S(=O)(=O)c1ccc(C)cc1. The van der Waals surface area contributed by atoms with Gasteiger partial charge in [0.25, 0.3) is 15.9 Å². The average molecular weight is 520 g/mol. The number of rotatable bonds is 9. The fourth-order valence-electron chi connectivity index (χ4n) is 3.22. The molecule has 36 heavy (non-hydrogen) atoms. The molecule has 0 aliphatic heterocycles. The summed E-state index contributed by atoms with van der Waals surface area (Å²) in [6.45, 7) is 3.17. The highest BCUT2D eigenvalue weighted by Gasteiger charge is 2.31. The number of hydrogen-bond donors (Lipinski definition) is 1. The molecule has 0 aromatic heterocycles. The van der Waals surface area contributed by atoms with Crippen molar-refractivity contribution in [3.8, 4) is 5.75 Å². The number of para-hydroxylation sites is 2. The van der Waals surface area contributed by atoms with Crippen LogP contribution in [0.1, 0.15) is 23.6 Å². The first-order valence-electron chi connectivity index (χ1n) is 10.8. The van der Waals surface area contributed by atoms with Gasteiger partial charge in [0.15, 0.2) is 0 Å². The van der Waals surface area contributed by atoms with Crippen molar-refractivity contribution >= 4 is 27.8 Å². The van der Waals surface area contributed by atoms with E-state index >= 15 is 0 Å². The Balaban J connectivity index is 1.88. The van der Waals surface area contributed by atoms with Gasteiger partial charge in [0.2, 0.25) is 0 Å². The minimum atomic E-state index is -4.52. The molecule has 0 saturated carbocycles. The van der Waals surface area contributed by atoms with E-state index in [0.29, 0.717) is 0 Å². The summed E-state index contributed by atoms with van der Waals surface area (Å²) in [7, 11) is -4.19. The molecular formula is C25H24F3N3O4S. The van der Waals surface area contributed by atoms with E-state index in [0.717, 1.165) is 28.2 Å². The Bertz CT molecular complexity index is 1340. The molecule has 1 amide bonds. The second-order valence-electron chi connectivity index (χ2n) is 7.64. The quantitative estimate of drug-likeness (QED) is 0.326. The van der Waals surface area contributed by atoms with Crippen LogP contribution in [0.2, 0.25) is 0 Å². The van der Waals surface area contributed by atoms with Crippen LogP contribution < -0.4 is 14.5 Å². The minimum Gasteiger partial charge on any atom is -0.492 e. The van der Waals surface area contributed by atoms with Crippen LogP contribution >= 0.6 is 0 Å². The van der Waals surface area contributed by atoms with Crippen LogP contribution in [0.4, 0.5) is 18.9 Å². The maximum Gasteiger partial charge on any atom is 0.416 e. The van der Waals surface area contributed by atoms with Gasteiger partial charge >= 0.3 is 6.18 Å². The summed E-state index contributed by atoms with van der Waals surface area (Å²) >= 11 is 0. The van der Waals surface area contributed by atoms with Crippen molar-refractivity contribution in [1.29, 1.82) is 0 Å². The summed E-state index contributed by atoms with van der Waals surface area (Å²) in [6, 6.07) is 16.9. The highest BCUT2D eigenvalue weighted by Crippen LogP contribution is 2.32. The predicted molar refractivity (Wildman–Crippen MR) is 131 cm³/mol. The first-order valence-corrected chi connectivity index (χ1v) is 12.3. The van der Waals surface area contributed by atoms with Gasteiger partial charge in [-0.15, -0.1) is 0 Å². The van der Waals surface area contributed by atoms with E-state index in [2.05, 4.69) is 10.5 Å². The van der Waals surface area contributed by atoms with E-state index in [9.17, 15) is 26.4 Å². The smallest absolute Gasteiger partial charge is 0.416 e. The van der Waals surface area contributed by atoms with Crippen molar-refractivity contribution in [3.63, 3.8) is 0 Å². The number of carbonyl (C=O) groups excluding carboxylic acids is 1. The van der Waals surface area contributed by atoms with E-state index in [1.54, 1.807) is 37.3 Å². The van der Waals surface area contributed by atoms with E-state index in [1.807, 2.05) is 6.92 Å². The summed E-state index contributed by atoms with van der Waals surface area (Å²) < 4.78 is 72.2. The third-order valence-corrected chi connectivity index (χ3v) is 6.72. The van der Waals surface area contributed by atoms with Crippen LogP contribution in [0.3, 0.4) is 0 Å². The van der Waals surface area contributed by atoms with Gasteiger partial charge in [0.1, 0.15) is 12.3 Å². The molecule has 7 nitrogen and oxygen atoms in total. The molecule has 3 rings (SSSR count). The summed E-state index contributed by atoms with van der Waals surface area (Å²) in [6.07, 6.45) is -3.48. The van der Waals surface area contributed by atoms with Crippen LogP contribution in [-0.4, -0.2) is 33.7 Å². The Morgan fingerprint density at radius 1 is 1.06 bits per heavy atom. The van der Waals surface area contributed by atoms with E-state index in [1.165, 1.54) is 30.3 Å². The number of aryl methyl sites for hydroxylation is 1. The fraction of sp³-hybridized carbons (Fsp3) is 0.200. The number of ether oxygens (including phenoxy) is 1. The number of amides is 1. The molecule has 0 unspecified atom stereocenters. The molecule has 0 fully saturated rings. The Morgan fingerprint density at radius 2 is 1.75 bits per heavy atom. The summed E-state index contributed by atoms with van der Waals surface area (Å²) in [5.74, 6) is -0.545. The fourth-order valence-corrected chi connectivity index (χ4v) is 4.65. The van der Waals surface area contributed by atoms with E-state index in [-0.39, 0.29) is 28.5 Å². The molecule has 1 N–H and O–H groups in total. The summed E-state index contributed by atoms with van der Waals surface area (Å²) in [4.78, 5) is 12.7. The topological polar surface area (TPSA) is 88.1 Å². The molecular weight excluding hydrogens is 495 g/mol. The molecule has 0 radical (unpaired) electrons. The zero-order valence-electron chi connectivity index (χ0n) is 19.5. The molecule has 0 bridgehead atoms. The van der Waals surface area contributed by atoms with Gasteiger partial charge in [-0.2, -0.15) is 18.3 Å². The molecule has 0 saturated heterocycles. The van der Waals surface area contributed by atoms with Gasteiger partial charge in [-0.25, -0.2) is 13.8 Å². The lowest BCUT2D eigenvalue weighted by Crippen LogP contribution is -2.39. The lowest BCUT2D eigenvalue weighted by molar-refractivity contribution is -0.137. The molecule has 3 aromatic carbocycles. The van der Waals surface area contributed by atoms with Crippen molar-refractivity contribution in [2.24, 2.45) is 5.10 Å². The zero-order valence-corrected chi connectivity index (χ0v) is 20.3. The summed E-state index contributed by atoms with van der Waals surface area (Å²) in [5, 5.41) is 3.69. The first kappa shape index (κ1) is 26.7. The lowest BCUT2D eigenvalue weighted by Gasteiger charge is -2.25. The minimum absolute atomic E-state index is 0.0281. The zero-order chi connectivity index (χ0) is 26.3. The van der Waals surface area contributed by atoms with Crippen LogP contribution in [0.25, 0.3) is 0 Å². The first-order chi connectivity index (χ1) is 17.0. The molecule has 11 heteroatoms. The van der Waals surface area contributed by atoms with Crippen molar-refractivity contribution in [1.82, 2.24) is 5.43 Å². The molecule has 0 aliphatic carbocycles. The Labute approximate surface area is 207 Å². The Hall–Kier alpha value is -3.86. The molecule has 190 valence electrons. The maximum atomic E-state index is 13.5. The van der Waals surface area contributed by atoms with Gasteiger partial charge in [0.05, 0.1) is 29.0 Å². The highest BCUT2D eigenvalue weighted by atomic mass is 32.2. The number of hydrazone groups is 1. The number of nitrogens with one attached hydrogen (secondary N) is 1. The molecule has 0 spiro atoms. The number of halogens is 3. The Kier molecular flexibility index (Phi) is 8.36. The number of alkyl halides is 3. The van der Waals surface area contributed by atoms with E-state index < -0.39 is 34.2 Å². The van der Waals surface area contributed by atoms with Crippen molar-refractivity contribution in [2.75, 3.05) is 17.5 Å². The van der Waals surface area contributed by atoms with Crippen molar-refractivity contribution < 1.29 is 31.1 Å². The monoisotopic (exact) mass is 519 g/mol. The standard InChI is InChI=1S/C25H24F3N3O4S/c1-3-35-23-10-5-4-9-22(23)31(36(33,34)21-13-11-18(2)12-14-21)17-24(32)30-29-16-19-7-6-8-20(15-19)25(26,27)28/h4-16H,3,17H2,1-2H3,(H,30,32)/b29-16+. The molecule has 0 heterocycles. The third kappa shape index (κ3) is 6.63. The predicted octanol–water partition coefficient (Wildman–Crippen LogP) is 4.76. The third-order valence-electron chi connectivity index (χ3n) is 4.95. The lowest BCUT2D eigenvalue weighted by atomic mass is 10.1. The van der Waals surface area contributed by atoms with Gasteiger partial charge in [-0.3, -0.25) is 9.10 Å². The normalized spacial score (nSPS) is 11.9. The second kappa shape index (κ2) is 11.3. The number of hydrogen-bond acceptors (Lipinski definition) is 5. The number of sulfonamides is 1. The number of anilines is 1. The van der Waals surface area contributed by atoms with Crippen LogP contribution in [0.5, 0.6) is 5.75 Å². The van der Waals surface area contributed by atoms with Crippen LogP contribution in [0, 0.1) is 6.92 Å². The molecule has 3 aromatic rings. The molecule has 0 atom stereocenters. The largest absolute Gasteiger partial charge is 0.492 e. The van der Waals surface area contributed by atoms with Gasteiger partial charge < -0.3 is 4.74 Å². The van der Waals surface area contributed by atoms with Gasteiger partial charge in [-0.1, -0.05) is 42.0 Å². The average Bonchev–Trinajstić information content (AvgIpc) is 2.83. The highest BCUT2D eigenvalue weighted by molar-refractivity contribution is 7.92. The number of benzene rings is 3. The van der Waals surface area contributed by atoms with E-state index in [4.69, 9.17) is 4.74 Å². The van der Waals surface area contributed by atoms with Crippen molar-refractivity contribution in [2.45, 2.75) is 24.9 Å². The number of nitrogens with zero attached hydrogens (tertiary/aromatic N) is 2. The second-order valence-corrected chi connectivity index (χ2v) is 9.50.